The Labute approximate surface area is 98.1 Å². The molecule has 0 saturated heterocycles. The number of nitrogens with zero attached hydrogens (tertiary/aromatic N) is 2. The predicted molar refractivity (Wildman–Crippen MR) is 59.8 cm³/mol. The van der Waals surface area contributed by atoms with E-state index >= 15 is 0 Å². The van der Waals surface area contributed by atoms with Gasteiger partial charge < -0.3 is 9.52 Å². The van der Waals surface area contributed by atoms with E-state index in [-0.39, 0.29) is 5.89 Å². The highest BCUT2D eigenvalue weighted by atomic mass is 16.4. The van der Waals surface area contributed by atoms with Gasteiger partial charge in [-0.1, -0.05) is 30.3 Å². The van der Waals surface area contributed by atoms with Gasteiger partial charge in [0.25, 0.3) is 0 Å². The van der Waals surface area contributed by atoms with Gasteiger partial charge >= 0.3 is 11.9 Å². The van der Waals surface area contributed by atoms with Crippen molar-refractivity contribution < 1.29 is 14.3 Å². The van der Waals surface area contributed by atoms with Crippen molar-refractivity contribution in [1.82, 2.24) is 10.2 Å². The lowest BCUT2D eigenvalue weighted by Crippen LogP contribution is -2.19. The Kier molecular flexibility index (Phi) is 2.67. The summed E-state index contributed by atoms with van der Waals surface area (Å²) in [5.41, 5.74) is 0.475. The van der Waals surface area contributed by atoms with Crippen LogP contribution in [-0.4, -0.2) is 21.3 Å². The zero-order valence-corrected chi connectivity index (χ0v) is 9.54. The number of carboxylic acids is 1. The van der Waals surface area contributed by atoms with Gasteiger partial charge in [0.1, 0.15) is 0 Å². The van der Waals surface area contributed by atoms with Crippen LogP contribution in [0, 0.1) is 0 Å². The first-order chi connectivity index (χ1) is 8.01. The van der Waals surface area contributed by atoms with E-state index < -0.39 is 11.4 Å². The fourth-order valence-electron chi connectivity index (χ4n) is 1.54. The summed E-state index contributed by atoms with van der Waals surface area (Å²) < 4.78 is 5.14. The normalized spacial score (nSPS) is 11.4. The Morgan fingerprint density at radius 1 is 1.24 bits per heavy atom. The first-order valence-corrected chi connectivity index (χ1v) is 5.14. The molecule has 88 valence electrons. The minimum absolute atomic E-state index is 0.293. The van der Waals surface area contributed by atoms with Crippen LogP contribution in [0.5, 0.6) is 0 Å². The summed E-state index contributed by atoms with van der Waals surface area (Å²) in [6.45, 7) is 3.81. The van der Waals surface area contributed by atoms with Crippen molar-refractivity contribution in [2.45, 2.75) is 19.3 Å². The second-order valence-corrected chi connectivity index (χ2v) is 4.21. The standard InChI is InChI=1S/C12H12N2O3/c1-12(2,8-6-4-3-5-7-8)11-14-13-9(17-11)10(15)16/h3-7H,1-2H3,(H,15,16). The number of rotatable bonds is 3. The predicted octanol–water partition coefficient (Wildman–Crippen LogP) is 2.09. The van der Waals surface area contributed by atoms with Gasteiger partial charge in [-0.15, -0.1) is 10.2 Å². The van der Waals surface area contributed by atoms with Crippen LogP contribution in [0.25, 0.3) is 0 Å². The van der Waals surface area contributed by atoms with Crippen LogP contribution < -0.4 is 0 Å². The monoisotopic (exact) mass is 232 g/mol. The molecule has 0 bridgehead atoms. The van der Waals surface area contributed by atoms with Gasteiger partial charge in [-0.05, 0) is 19.4 Å². The highest BCUT2D eigenvalue weighted by Gasteiger charge is 2.30. The van der Waals surface area contributed by atoms with Crippen molar-refractivity contribution in [3.8, 4) is 0 Å². The van der Waals surface area contributed by atoms with Gasteiger partial charge in [-0.2, -0.15) is 0 Å². The molecule has 5 heteroatoms. The Morgan fingerprint density at radius 2 is 1.88 bits per heavy atom. The number of aromatic carboxylic acids is 1. The van der Waals surface area contributed by atoms with Crippen molar-refractivity contribution in [2.75, 3.05) is 0 Å². The Hall–Kier alpha value is -2.17. The summed E-state index contributed by atoms with van der Waals surface area (Å²) in [5, 5.41) is 16.0. The molecule has 2 aromatic rings. The smallest absolute Gasteiger partial charge is 0.393 e. The van der Waals surface area contributed by atoms with Crippen molar-refractivity contribution in [3.05, 3.63) is 47.7 Å². The molecule has 0 saturated carbocycles. The quantitative estimate of drug-likeness (QED) is 0.876. The zero-order valence-electron chi connectivity index (χ0n) is 9.54. The summed E-state index contributed by atoms with van der Waals surface area (Å²) in [6.07, 6.45) is 0. The van der Waals surface area contributed by atoms with Crippen molar-refractivity contribution in [2.24, 2.45) is 0 Å². The molecule has 1 aromatic heterocycles. The topological polar surface area (TPSA) is 76.2 Å². The highest BCUT2D eigenvalue weighted by Crippen LogP contribution is 2.29. The number of aromatic nitrogens is 2. The molecule has 0 aliphatic carbocycles. The lowest BCUT2D eigenvalue weighted by Gasteiger charge is -2.20. The molecule has 1 heterocycles. The van der Waals surface area contributed by atoms with Gasteiger partial charge in [0, 0.05) is 0 Å². The molecule has 17 heavy (non-hydrogen) atoms. The van der Waals surface area contributed by atoms with Gasteiger partial charge in [0.05, 0.1) is 5.41 Å². The first kappa shape index (κ1) is 11.3. The highest BCUT2D eigenvalue weighted by molar-refractivity contribution is 5.81. The van der Waals surface area contributed by atoms with E-state index in [1.165, 1.54) is 0 Å². The third-order valence-corrected chi connectivity index (χ3v) is 2.64. The molecule has 0 aliphatic rings. The fourth-order valence-corrected chi connectivity index (χ4v) is 1.54. The number of hydrogen-bond acceptors (Lipinski definition) is 4. The number of carbonyl (C=O) groups is 1. The molecule has 0 radical (unpaired) electrons. The van der Waals surface area contributed by atoms with E-state index in [4.69, 9.17) is 9.52 Å². The van der Waals surface area contributed by atoms with Crippen LogP contribution >= 0.6 is 0 Å². The fraction of sp³-hybridized carbons (Fsp3) is 0.250. The molecule has 0 fully saturated rings. The third-order valence-electron chi connectivity index (χ3n) is 2.64. The van der Waals surface area contributed by atoms with E-state index in [1.807, 2.05) is 44.2 Å². The lowest BCUT2D eigenvalue weighted by atomic mass is 9.85. The molecule has 1 aromatic carbocycles. The number of hydrogen-bond donors (Lipinski definition) is 1. The van der Waals surface area contributed by atoms with Gasteiger partial charge in [0.2, 0.25) is 5.89 Å². The molecule has 0 unspecified atom stereocenters. The Balaban J connectivity index is 2.41. The van der Waals surface area contributed by atoms with Crippen LogP contribution in [0.3, 0.4) is 0 Å². The molecule has 2 rings (SSSR count). The van der Waals surface area contributed by atoms with Gasteiger partial charge in [-0.3, -0.25) is 0 Å². The van der Waals surface area contributed by atoms with Crippen molar-refractivity contribution in [1.29, 1.82) is 0 Å². The van der Waals surface area contributed by atoms with Crippen LogP contribution in [0.2, 0.25) is 0 Å². The van der Waals surface area contributed by atoms with Crippen molar-refractivity contribution in [3.63, 3.8) is 0 Å². The molecule has 0 amide bonds. The van der Waals surface area contributed by atoms with Crippen molar-refractivity contribution >= 4 is 5.97 Å². The largest absolute Gasteiger partial charge is 0.474 e. The summed E-state index contributed by atoms with van der Waals surface area (Å²) in [5.74, 6) is -1.31. The van der Waals surface area contributed by atoms with E-state index in [1.54, 1.807) is 0 Å². The number of carboxylic acid groups (broad SMARTS) is 1. The summed E-state index contributed by atoms with van der Waals surface area (Å²) in [6, 6.07) is 9.60. The molecule has 0 atom stereocenters. The second kappa shape index (κ2) is 4.01. The van der Waals surface area contributed by atoms with Crippen LogP contribution in [0.15, 0.2) is 34.7 Å². The van der Waals surface area contributed by atoms with Gasteiger partial charge in [0.15, 0.2) is 0 Å². The summed E-state index contributed by atoms with van der Waals surface area (Å²) in [4.78, 5) is 10.7. The first-order valence-electron chi connectivity index (χ1n) is 5.14. The molecule has 5 nitrogen and oxygen atoms in total. The average molecular weight is 232 g/mol. The molecule has 0 spiro atoms. The maximum Gasteiger partial charge on any atom is 0.393 e. The molecule has 0 aliphatic heterocycles. The van der Waals surface area contributed by atoms with Crippen LogP contribution in [0.1, 0.15) is 36.0 Å². The average Bonchev–Trinajstić information content (AvgIpc) is 2.80. The van der Waals surface area contributed by atoms with Gasteiger partial charge in [-0.25, -0.2) is 4.79 Å². The Bertz CT molecular complexity index is 532. The number of benzene rings is 1. The minimum atomic E-state index is -1.22. The lowest BCUT2D eigenvalue weighted by molar-refractivity contribution is 0.0650. The Morgan fingerprint density at radius 3 is 2.41 bits per heavy atom. The molecule has 1 N–H and O–H groups in total. The van der Waals surface area contributed by atoms with E-state index in [2.05, 4.69) is 10.2 Å². The van der Waals surface area contributed by atoms with E-state index in [0.29, 0.717) is 5.89 Å². The third kappa shape index (κ3) is 2.04. The van der Waals surface area contributed by atoms with E-state index in [0.717, 1.165) is 5.56 Å². The molecular weight excluding hydrogens is 220 g/mol. The maximum absolute atomic E-state index is 10.7. The van der Waals surface area contributed by atoms with E-state index in [9.17, 15) is 4.79 Å². The molecular formula is C12H12N2O3. The zero-order chi connectivity index (χ0) is 12.5. The second-order valence-electron chi connectivity index (χ2n) is 4.21. The van der Waals surface area contributed by atoms with Crippen LogP contribution in [0.4, 0.5) is 0 Å². The maximum atomic E-state index is 10.7. The SMILES string of the molecule is CC(C)(c1ccccc1)c1nnc(C(=O)O)o1. The van der Waals surface area contributed by atoms with Crippen LogP contribution in [-0.2, 0) is 5.41 Å². The minimum Gasteiger partial charge on any atom is -0.474 e. The summed E-state index contributed by atoms with van der Waals surface area (Å²) >= 11 is 0. The summed E-state index contributed by atoms with van der Waals surface area (Å²) in [7, 11) is 0.